The van der Waals surface area contributed by atoms with Gasteiger partial charge in [0.2, 0.25) is 0 Å². The average Bonchev–Trinajstić information content (AvgIpc) is 2.84. The van der Waals surface area contributed by atoms with Crippen LogP contribution in [0.5, 0.6) is 0 Å². The van der Waals surface area contributed by atoms with E-state index in [0.29, 0.717) is 12.1 Å². The third kappa shape index (κ3) is 4.73. The molecule has 0 aliphatic carbocycles. The Morgan fingerprint density at radius 3 is 2.37 bits per heavy atom. The Bertz CT molecular complexity index is 478. The number of furan rings is 1. The molecule has 0 fully saturated rings. The maximum Gasteiger partial charge on any atom is 0.105 e. The van der Waals surface area contributed by atoms with Gasteiger partial charge in [0.05, 0.1) is 6.26 Å². The van der Waals surface area contributed by atoms with E-state index in [1.165, 1.54) is 5.56 Å². The van der Waals surface area contributed by atoms with Crippen LogP contribution in [0, 0.1) is 0 Å². The summed E-state index contributed by atoms with van der Waals surface area (Å²) in [5.74, 6) is 1.03. The van der Waals surface area contributed by atoms with Crippen molar-refractivity contribution in [1.82, 2.24) is 5.32 Å². The van der Waals surface area contributed by atoms with E-state index in [0.717, 1.165) is 23.6 Å². The molecular weight excluding hydrogens is 258 g/mol. The van der Waals surface area contributed by atoms with Gasteiger partial charge < -0.3 is 9.73 Å². The van der Waals surface area contributed by atoms with Crippen LogP contribution in [0.4, 0.5) is 0 Å². The Balaban J connectivity index is 1.80. The lowest BCUT2D eigenvalue weighted by Gasteiger charge is -2.19. The van der Waals surface area contributed by atoms with E-state index in [4.69, 9.17) is 16.0 Å². The maximum atomic E-state index is 5.89. The van der Waals surface area contributed by atoms with Gasteiger partial charge in [0.1, 0.15) is 5.76 Å². The largest absolute Gasteiger partial charge is 0.469 e. The summed E-state index contributed by atoms with van der Waals surface area (Å²) >= 11 is 5.89. The van der Waals surface area contributed by atoms with Crippen LogP contribution in [0.2, 0.25) is 5.02 Å². The summed E-state index contributed by atoms with van der Waals surface area (Å²) in [6, 6.07) is 12.8. The molecule has 1 aromatic heterocycles. The van der Waals surface area contributed by atoms with Gasteiger partial charge in [0.15, 0.2) is 0 Å². The van der Waals surface area contributed by atoms with Crippen LogP contribution in [-0.4, -0.2) is 12.1 Å². The molecule has 102 valence electrons. The summed E-state index contributed by atoms with van der Waals surface area (Å²) in [6.07, 6.45) is 3.64. The van der Waals surface area contributed by atoms with Gasteiger partial charge in [-0.15, -0.1) is 0 Å². The molecule has 0 bridgehead atoms. The minimum Gasteiger partial charge on any atom is -0.469 e. The van der Waals surface area contributed by atoms with Crippen LogP contribution in [-0.2, 0) is 12.8 Å². The van der Waals surface area contributed by atoms with Crippen molar-refractivity contribution in [1.29, 1.82) is 0 Å². The molecule has 3 heteroatoms. The molecule has 0 spiro atoms. The Hall–Kier alpha value is -1.25. The predicted octanol–water partition coefficient (Wildman–Crippen LogP) is 4.08. The SMILES string of the molecule is CC(Cc1ccc(Cl)cc1)NC(C)Cc1ccco1. The van der Waals surface area contributed by atoms with Crippen molar-refractivity contribution in [2.75, 3.05) is 0 Å². The van der Waals surface area contributed by atoms with Gasteiger partial charge in [-0.05, 0) is 50.1 Å². The zero-order chi connectivity index (χ0) is 13.7. The molecule has 1 aromatic carbocycles. The van der Waals surface area contributed by atoms with E-state index < -0.39 is 0 Å². The Kier molecular flexibility index (Phi) is 5.06. The standard InChI is InChI=1S/C16H20ClNO/c1-12(10-14-5-7-15(17)8-6-14)18-13(2)11-16-4-3-9-19-16/h3-9,12-13,18H,10-11H2,1-2H3. The summed E-state index contributed by atoms with van der Waals surface area (Å²) in [5, 5.41) is 4.38. The van der Waals surface area contributed by atoms with Crippen LogP contribution in [0.25, 0.3) is 0 Å². The van der Waals surface area contributed by atoms with Gasteiger partial charge >= 0.3 is 0 Å². The molecule has 1 N–H and O–H groups in total. The lowest BCUT2D eigenvalue weighted by molar-refractivity contribution is 0.422. The monoisotopic (exact) mass is 277 g/mol. The van der Waals surface area contributed by atoms with Crippen molar-refractivity contribution in [3.05, 3.63) is 59.0 Å². The normalized spacial score (nSPS) is 14.3. The summed E-state index contributed by atoms with van der Waals surface area (Å²) in [4.78, 5) is 0. The highest BCUT2D eigenvalue weighted by atomic mass is 35.5. The van der Waals surface area contributed by atoms with E-state index in [-0.39, 0.29) is 0 Å². The molecule has 2 aromatic rings. The van der Waals surface area contributed by atoms with Gasteiger partial charge in [-0.1, -0.05) is 23.7 Å². The number of hydrogen-bond acceptors (Lipinski definition) is 2. The summed E-state index contributed by atoms with van der Waals surface area (Å²) in [5.41, 5.74) is 1.30. The predicted molar refractivity (Wildman–Crippen MR) is 79.6 cm³/mol. The minimum absolute atomic E-state index is 0.397. The fraction of sp³-hybridized carbons (Fsp3) is 0.375. The maximum absolute atomic E-state index is 5.89. The molecule has 0 amide bonds. The topological polar surface area (TPSA) is 25.2 Å². The number of rotatable bonds is 6. The fourth-order valence-electron chi connectivity index (χ4n) is 2.31. The first-order chi connectivity index (χ1) is 9.13. The second kappa shape index (κ2) is 6.78. The van der Waals surface area contributed by atoms with Gasteiger partial charge in [-0.3, -0.25) is 0 Å². The van der Waals surface area contributed by atoms with E-state index >= 15 is 0 Å². The van der Waals surface area contributed by atoms with Crippen LogP contribution in [0.3, 0.4) is 0 Å². The molecule has 2 nitrogen and oxygen atoms in total. The summed E-state index contributed by atoms with van der Waals surface area (Å²) in [7, 11) is 0. The van der Waals surface area contributed by atoms with Crippen molar-refractivity contribution in [2.24, 2.45) is 0 Å². The van der Waals surface area contributed by atoms with Crippen LogP contribution >= 0.6 is 11.6 Å². The molecule has 2 atom stereocenters. The van der Waals surface area contributed by atoms with Crippen molar-refractivity contribution in [2.45, 2.75) is 38.8 Å². The second-order valence-electron chi connectivity index (χ2n) is 5.08. The summed E-state index contributed by atoms with van der Waals surface area (Å²) < 4.78 is 5.36. The van der Waals surface area contributed by atoms with Gasteiger partial charge in [-0.25, -0.2) is 0 Å². The smallest absolute Gasteiger partial charge is 0.105 e. The molecule has 19 heavy (non-hydrogen) atoms. The number of halogens is 1. The second-order valence-corrected chi connectivity index (χ2v) is 5.52. The number of benzene rings is 1. The van der Waals surface area contributed by atoms with Crippen molar-refractivity contribution >= 4 is 11.6 Å². The zero-order valence-corrected chi connectivity index (χ0v) is 12.2. The van der Waals surface area contributed by atoms with Gasteiger partial charge in [0.25, 0.3) is 0 Å². The van der Waals surface area contributed by atoms with Crippen molar-refractivity contribution in [3.8, 4) is 0 Å². The number of hydrogen-bond donors (Lipinski definition) is 1. The Morgan fingerprint density at radius 2 is 1.74 bits per heavy atom. The first-order valence-corrected chi connectivity index (χ1v) is 7.04. The molecule has 0 radical (unpaired) electrons. The average molecular weight is 278 g/mol. The highest BCUT2D eigenvalue weighted by Gasteiger charge is 2.10. The van der Waals surface area contributed by atoms with Crippen LogP contribution in [0.15, 0.2) is 47.1 Å². The molecule has 2 rings (SSSR count). The molecule has 1 heterocycles. The van der Waals surface area contributed by atoms with E-state index in [2.05, 4.69) is 31.3 Å². The van der Waals surface area contributed by atoms with Crippen molar-refractivity contribution < 1.29 is 4.42 Å². The molecule has 2 unspecified atom stereocenters. The first kappa shape index (κ1) is 14.2. The quantitative estimate of drug-likeness (QED) is 0.860. The Morgan fingerprint density at radius 1 is 1.05 bits per heavy atom. The fourth-order valence-corrected chi connectivity index (χ4v) is 2.43. The van der Waals surface area contributed by atoms with E-state index in [1.54, 1.807) is 6.26 Å². The third-order valence-electron chi connectivity index (χ3n) is 3.11. The highest BCUT2D eigenvalue weighted by molar-refractivity contribution is 6.30. The van der Waals surface area contributed by atoms with Crippen LogP contribution < -0.4 is 5.32 Å². The minimum atomic E-state index is 0.397. The highest BCUT2D eigenvalue weighted by Crippen LogP contribution is 2.11. The number of nitrogens with one attached hydrogen (secondary N) is 1. The van der Waals surface area contributed by atoms with Gasteiger partial charge in [0, 0.05) is 23.5 Å². The lowest BCUT2D eigenvalue weighted by Crippen LogP contribution is -2.37. The van der Waals surface area contributed by atoms with Gasteiger partial charge in [-0.2, -0.15) is 0 Å². The lowest BCUT2D eigenvalue weighted by atomic mass is 10.1. The first-order valence-electron chi connectivity index (χ1n) is 6.66. The molecular formula is C16H20ClNO. The molecule has 0 saturated heterocycles. The van der Waals surface area contributed by atoms with E-state index in [9.17, 15) is 0 Å². The van der Waals surface area contributed by atoms with E-state index in [1.807, 2.05) is 24.3 Å². The third-order valence-corrected chi connectivity index (χ3v) is 3.36. The van der Waals surface area contributed by atoms with Crippen LogP contribution in [0.1, 0.15) is 25.2 Å². The molecule has 0 aliphatic heterocycles. The zero-order valence-electron chi connectivity index (χ0n) is 11.4. The summed E-state index contributed by atoms with van der Waals surface area (Å²) in [6.45, 7) is 4.38. The molecule has 0 saturated carbocycles. The molecule has 0 aliphatic rings. The van der Waals surface area contributed by atoms with Crippen molar-refractivity contribution in [3.63, 3.8) is 0 Å². The Labute approximate surface area is 119 Å².